The summed E-state index contributed by atoms with van der Waals surface area (Å²) >= 11 is 0. The van der Waals surface area contributed by atoms with Crippen LogP contribution < -0.4 is 10.6 Å². The quantitative estimate of drug-likeness (QED) is 0.0389. The Hall–Kier alpha value is -1.94. The van der Waals surface area contributed by atoms with Crippen molar-refractivity contribution in [1.82, 2.24) is 10.6 Å². The average molecular weight is 1340 g/mol. The molecule has 24 unspecified atom stereocenters. The van der Waals surface area contributed by atoms with E-state index in [1.807, 2.05) is 0 Å². The zero-order valence-electron chi connectivity index (χ0n) is 56.4. The van der Waals surface area contributed by atoms with Crippen LogP contribution in [0.2, 0.25) is 0 Å². The molecule has 4 rings (SSSR count). The summed E-state index contributed by atoms with van der Waals surface area (Å²) in [6.07, 6.45) is -1.25. The van der Waals surface area contributed by atoms with Crippen molar-refractivity contribution in [2.75, 3.05) is 26.4 Å². The summed E-state index contributed by atoms with van der Waals surface area (Å²) in [4.78, 5) is 26.0. The fourth-order valence-corrected chi connectivity index (χ4v) is 12.7. The number of hydrogen-bond acceptors (Lipinski definition) is 24. The summed E-state index contributed by atoms with van der Waals surface area (Å²) in [7, 11) is 0. The molecule has 2 amide bonds. The van der Waals surface area contributed by atoms with Crippen molar-refractivity contribution in [2.45, 2.75) is 387 Å². The number of rotatable bonds is 51. The van der Waals surface area contributed by atoms with Gasteiger partial charge in [0, 0.05) is 6.92 Å². The van der Waals surface area contributed by atoms with Crippen LogP contribution in [0.3, 0.4) is 0 Å². The highest BCUT2D eigenvalue weighted by molar-refractivity contribution is 5.80. The Kier molecular flexibility index (Phi) is 42.3. The molecule has 4 aliphatic heterocycles. The van der Waals surface area contributed by atoms with Crippen molar-refractivity contribution in [3.8, 4) is 0 Å². The molecule has 4 aliphatic rings. The molecule has 0 aliphatic carbocycles. The maximum Gasteiger partial charge on any atom is 0.249 e. The van der Waals surface area contributed by atoms with Gasteiger partial charge in [0.05, 0.1) is 44.7 Å². The molecular formula is C67H126N2O24. The van der Waals surface area contributed by atoms with E-state index in [2.05, 4.69) is 24.5 Å². The van der Waals surface area contributed by atoms with Crippen molar-refractivity contribution < 1.29 is 119 Å². The minimum atomic E-state index is -2.09. The van der Waals surface area contributed by atoms with Crippen LogP contribution in [0.5, 0.6) is 0 Å². The van der Waals surface area contributed by atoms with E-state index in [9.17, 15) is 81.1 Å². The number of nitrogens with one attached hydrogen (secondary N) is 2. The van der Waals surface area contributed by atoms with Crippen LogP contribution >= 0.6 is 0 Å². The summed E-state index contributed by atoms with van der Waals surface area (Å²) in [5.41, 5.74) is 0. The predicted molar refractivity (Wildman–Crippen MR) is 341 cm³/mol. The van der Waals surface area contributed by atoms with Gasteiger partial charge in [0.25, 0.3) is 0 Å². The molecular weight excluding hydrogens is 1220 g/mol. The molecule has 548 valence electrons. The Morgan fingerprint density at radius 1 is 0.441 bits per heavy atom. The van der Waals surface area contributed by atoms with Gasteiger partial charge in [-0.15, -0.1) is 0 Å². The highest BCUT2D eigenvalue weighted by atomic mass is 16.8. The standard InChI is InChI=1S/C67H126N2O24/c1-5-7-9-11-13-15-17-19-21-22-23-25-27-29-31-33-35-37-46(74)63(85)69-44(51(75)45(73)36-34-32-30-28-26-24-20-18-16-14-12-10-8-6-2)39-86-67-62(57(81)52(76)47(38-70)89-67)93-66-59(83)56(80)54(78)49(91-66)40-87-64-50(68-43(4)72)55(79)53(77)48(90-64)41-88-65-60(84)58(82)61(92-65)42(3)71/h42,44-62,64-67,70-71,73-84H,5-41H2,1-4H3,(H,68,72)(H,69,85). The first-order chi connectivity index (χ1) is 44.7. The van der Waals surface area contributed by atoms with Gasteiger partial charge in [0.15, 0.2) is 25.2 Å². The maximum atomic E-state index is 13.7. The van der Waals surface area contributed by atoms with E-state index in [4.69, 9.17) is 37.9 Å². The number of carbonyl (C=O) groups excluding carboxylic acids is 2. The third-order valence-corrected chi connectivity index (χ3v) is 18.7. The van der Waals surface area contributed by atoms with Crippen molar-refractivity contribution in [3.05, 3.63) is 0 Å². The van der Waals surface area contributed by atoms with E-state index in [1.165, 1.54) is 135 Å². The zero-order valence-corrected chi connectivity index (χ0v) is 56.4. The Balaban J connectivity index is 1.39. The molecule has 0 saturated carbocycles. The minimum Gasteiger partial charge on any atom is -0.394 e. The number of carbonyl (C=O) groups is 2. The minimum absolute atomic E-state index is 0.126. The number of ether oxygens (including phenoxy) is 8. The van der Waals surface area contributed by atoms with Crippen molar-refractivity contribution in [1.29, 1.82) is 0 Å². The van der Waals surface area contributed by atoms with Crippen LogP contribution in [-0.2, 0) is 47.5 Å². The van der Waals surface area contributed by atoms with Crippen LogP contribution in [0.1, 0.15) is 240 Å². The molecule has 0 aromatic carbocycles. The fraction of sp³-hybridized carbons (Fsp3) is 0.970. The van der Waals surface area contributed by atoms with E-state index in [0.29, 0.717) is 12.8 Å². The van der Waals surface area contributed by atoms with Gasteiger partial charge in [-0.3, -0.25) is 9.59 Å². The summed E-state index contributed by atoms with van der Waals surface area (Å²) in [5, 5.41) is 159. The fourth-order valence-electron chi connectivity index (χ4n) is 12.7. The average Bonchev–Trinajstić information content (AvgIpc) is 1.94. The highest BCUT2D eigenvalue weighted by Gasteiger charge is 2.53. The SMILES string of the molecule is CCCCCCCCCCCCCCCCCCCC(O)C(=O)NC(COC1OC(CO)C(O)C(O)C1OC1OC(COC2OC(COC3OC(C(C)O)C(O)C3O)C(O)C(O)C2NC(C)=O)C(O)C(O)C1O)C(O)C(O)CCCCCCCCCCCCCCCC. The van der Waals surface area contributed by atoms with Crippen molar-refractivity contribution >= 4 is 11.8 Å². The lowest BCUT2D eigenvalue weighted by molar-refractivity contribution is -0.371. The summed E-state index contributed by atoms with van der Waals surface area (Å²) in [5.74, 6) is -1.53. The molecule has 93 heavy (non-hydrogen) atoms. The van der Waals surface area contributed by atoms with Gasteiger partial charge in [-0.05, 0) is 19.8 Å². The predicted octanol–water partition coefficient (Wildman–Crippen LogP) is 2.93. The number of unbranched alkanes of at least 4 members (excludes halogenated alkanes) is 29. The molecule has 26 heteroatoms. The molecule has 4 fully saturated rings. The second-order valence-corrected chi connectivity index (χ2v) is 26.8. The number of aliphatic hydroxyl groups excluding tert-OH is 14. The number of aliphatic hydroxyl groups is 14. The molecule has 0 bridgehead atoms. The van der Waals surface area contributed by atoms with Crippen LogP contribution in [-0.4, -0.2) is 257 Å². The molecule has 26 nitrogen and oxygen atoms in total. The van der Waals surface area contributed by atoms with Crippen molar-refractivity contribution in [2.24, 2.45) is 0 Å². The molecule has 4 saturated heterocycles. The third-order valence-electron chi connectivity index (χ3n) is 18.7. The normalized spacial score (nSPS) is 32.5. The third kappa shape index (κ3) is 29.4. The Bertz CT molecular complexity index is 1920. The smallest absolute Gasteiger partial charge is 0.249 e. The second-order valence-electron chi connectivity index (χ2n) is 26.8. The Labute approximate surface area is 552 Å². The van der Waals surface area contributed by atoms with E-state index in [0.717, 1.165) is 64.7 Å². The molecule has 0 spiro atoms. The molecule has 0 aromatic rings. The second kappa shape index (κ2) is 47.2. The highest BCUT2D eigenvalue weighted by Crippen LogP contribution is 2.33. The van der Waals surface area contributed by atoms with E-state index >= 15 is 0 Å². The van der Waals surface area contributed by atoms with Gasteiger partial charge in [-0.2, -0.15) is 0 Å². The lowest BCUT2D eigenvalue weighted by Crippen LogP contribution is -2.66. The van der Waals surface area contributed by atoms with Gasteiger partial charge in [-0.1, -0.05) is 213 Å². The summed E-state index contributed by atoms with van der Waals surface area (Å²) < 4.78 is 46.7. The van der Waals surface area contributed by atoms with Gasteiger partial charge < -0.3 is 120 Å². The molecule has 0 aromatic heterocycles. The maximum absolute atomic E-state index is 13.7. The van der Waals surface area contributed by atoms with Crippen LogP contribution in [0, 0.1) is 0 Å². The van der Waals surface area contributed by atoms with E-state index in [1.54, 1.807) is 0 Å². The Morgan fingerprint density at radius 2 is 0.849 bits per heavy atom. The lowest BCUT2D eigenvalue weighted by Gasteiger charge is -2.47. The van der Waals surface area contributed by atoms with Crippen LogP contribution in [0.25, 0.3) is 0 Å². The molecule has 24 atom stereocenters. The number of amides is 2. The van der Waals surface area contributed by atoms with Gasteiger partial charge >= 0.3 is 0 Å². The first-order valence-corrected chi connectivity index (χ1v) is 35.8. The lowest BCUT2D eigenvalue weighted by atomic mass is 9.96. The Morgan fingerprint density at radius 3 is 1.30 bits per heavy atom. The molecule has 16 N–H and O–H groups in total. The van der Waals surface area contributed by atoms with E-state index in [-0.39, 0.29) is 12.8 Å². The zero-order chi connectivity index (χ0) is 68.2. The van der Waals surface area contributed by atoms with Crippen LogP contribution in [0.15, 0.2) is 0 Å². The first kappa shape index (κ1) is 83.5. The molecule has 0 radical (unpaired) electrons. The van der Waals surface area contributed by atoms with Gasteiger partial charge in [0.2, 0.25) is 11.8 Å². The summed E-state index contributed by atoms with van der Waals surface area (Å²) in [6.45, 7) is 3.99. The van der Waals surface area contributed by atoms with E-state index < -0.39 is 185 Å². The monoisotopic (exact) mass is 1340 g/mol. The number of hydrogen-bond donors (Lipinski definition) is 16. The summed E-state index contributed by atoms with van der Waals surface area (Å²) in [6, 6.07) is -2.92. The van der Waals surface area contributed by atoms with Crippen molar-refractivity contribution in [3.63, 3.8) is 0 Å². The van der Waals surface area contributed by atoms with Gasteiger partial charge in [0.1, 0.15) is 104 Å². The first-order valence-electron chi connectivity index (χ1n) is 35.8. The molecule has 4 heterocycles. The topological polar surface area (TPSA) is 415 Å². The van der Waals surface area contributed by atoms with Crippen LogP contribution in [0.4, 0.5) is 0 Å². The van der Waals surface area contributed by atoms with Gasteiger partial charge in [-0.25, -0.2) is 0 Å². The largest absolute Gasteiger partial charge is 0.394 e.